The second-order valence-corrected chi connectivity index (χ2v) is 5.73. The SMILES string of the molecule is CCCn1cc(-c2ccc(F)cc2CNC(C)C)c(C)n1. The van der Waals surface area contributed by atoms with Crippen molar-refractivity contribution < 1.29 is 4.39 Å². The average Bonchev–Trinajstić information content (AvgIpc) is 2.78. The van der Waals surface area contributed by atoms with Gasteiger partial charge in [-0.2, -0.15) is 5.10 Å². The Balaban J connectivity index is 2.38. The van der Waals surface area contributed by atoms with Crippen molar-refractivity contribution in [2.24, 2.45) is 0 Å². The summed E-state index contributed by atoms with van der Waals surface area (Å²) in [6, 6.07) is 5.35. The van der Waals surface area contributed by atoms with Crippen LogP contribution in [0.5, 0.6) is 0 Å². The predicted molar refractivity (Wildman–Crippen MR) is 84.6 cm³/mol. The first-order valence-corrected chi connectivity index (χ1v) is 7.57. The van der Waals surface area contributed by atoms with Gasteiger partial charge < -0.3 is 5.32 Å². The van der Waals surface area contributed by atoms with Crippen molar-refractivity contribution in [3.05, 3.63) is 41.5 Å². The number of rotatable bonds is 6. The van der Waals surface area contributed by atoms with Crippen molar-refractivity contribution in [2.75, 3.05) is 0 Å². The van der Waals surface area contributed by atoms with Crippen LogP contribution in [0.2, 0.25) is 0 Å². The first kappa shape index (κ1) is 15.7. The monoisotopic (exact) mass is 289 g/mol. The lowest BCUT2D eigenvalue weighted by molar-refractivity contribution is 0.582. The van der Waals surface area contributed by atoms with Gasteiger partial charge in [-0.3, -0.25) is 4.68 Å². The Labute approximate surface area is 126 Å². The molecule has 0 unspecified atom stereocenters. The zero-order chi connectivity index (χ0) is 15.4. The lowest BCUT2D eigenvalue weighted by Gasteiger charge is -2.12. The molecule has 0 radical (unpaired) electrons. The van der Waals surface area contributed by atoms with Crippen LogP contribution in [0.1, 0.15) is 38.4 Å². The highest BCUT2D eigenvalue weighted by Crippen LogP contribution is 2.27. The van der Waals surface area contributed by atoms with E-state index in [1.807, 2.05) is 17.7 Å². The van der Waals surface area contributed by atoms with Crippen LogP contribution in [0.4, 0.5) is 4.39 Å². The molecule has 1 N–H and O–H groups in total. The Kier molecular flexibility index (Phi) is 5.12. The highest BCUT2D eigenvalue weighted by atomic mass is 19.1. The topological polar surface area (TPSA) is 29.9 Å². The fourth-order valence-electron chi connectivity index (χ4n) is 2.41. The van der Waals surface area contributed by atoms with Gasteiger partial charge in [0.15, 0.2) is 0 Å². The summed E-state index contributed by atoms with van der Waals surface area (Å²) in [5.41, 5.74) is 4.11. The molecule has 0 saturated heterocycles. The normalized spacial score (nSPS) is 11.3. The summed E-state index contributed by atoms with van der Waals surface area (Å²) in [5.74, 6) is -0.196. The molecule has 1 aromatic heterocycles. The lowest BCUT2D eigenvalue weighted by atomic mass is 10.00. The fraction of sp³-hybridized carbons (Fsp3) is 0.471. The molecule has 2 rings (SSSR count). The number of aromatic nitrogens is 2. The summed E-state index contributed by atoms with van der Waals surface area (Å²) in [6.07, 6.45) is 3.11. The maximum Gasteiger partial charge on any atom is 0.123 e. The summed E-state index contributed by atoms with van der Waals surface area (Å²) >= 11 is 0. The van der Waals surface area contributed by atoms with E-state index in [0.29, 0.717) is 12.6 Å². The van der Waals surface area contributed by atoms with Crippen LogP contribution in [0.3, 0.4) is 0 Å². The molecule has 0 saturated carbocycles. The van der Waals surface area contributed by atoms with E-state index < -0.39 is 0 Å². The van der Waals surface area contributed by atoms with Crippen LogP contribution < -0.4 is 5.32 Å². The van der Waals surface area contributed by atoms with Crippen molar-refractivity contribution in [1.29, 1.82) is 0 Å². The van der Waals surface area contributed by atoms with Crippen LogP contribution >= 0.6 is 0 Å². The molecule has 0 spiro atoms. The first-order chi connectivity index (χ1) is 10.0. The highest BCUT2D eigenvalue weighted by molar-refractivity contribution is 5.68. The van der Waals surface area contributed by atoms with Gasteiger partial charge in [0, 0.05) is 30.9 Å². The number of halogens is 1. The smallest absolute Gasteiger partial charge is 0.123 e. The van der Waals surface area contributed by atoms with Crippen LogP contribution in [0.15, 0.2) is 24.4 Å². The van der Waals surface area contributed by atoms with Crippen LogP contribution in [-0.4, -0.2) is 15.8 Å². The summed E-state index contributed by atoms with van der Waals surface area (Å²) in [4.78, 5) is 0. The van der Waals surface area contributed by atoms with Crippen molar-refractivity contribution in [3.8, 4) is 11.1 Å². The third-order valence-corrected chi connectivity index (χ3v) is 3.46. The van der Waals surface area contributed by atoms with Crippen molar-refractivity contribution in [1.82, 2.24) is 15.1 Å². The molecule has 0 aliphatic rings. The fourth-order valence-corrected chi connectivity index (χ4v) is 2.41. The molecule has 21 heavy (non-hydrogen) atoms. The summed E-state index contributed by atoms with van der Waals surface area (Å²) in [5, 5.41) is 7.89. The van der Waals surface area contributed by atoms with Gasteiger partial charge in [0.2, 0.25) is 0 Å². The lowest BCUT2D eigenvalue weighted by Crippen LogP contribution is -2.22. The molecular weight excluding hydrogens is 265 g/mol. The minimum Gasteiger partial charge on any atom is -0.310 e. The number of benzene rings is 1. The Morgan fingerprint density at radius 3 is 2.71 bits per heavy atom. The Bertz CT molecular complexity index is 602. The van der Waals surface area contributed by atoms with Gasteiger partial charge >= 0.3 is 0 Å². The molecular formula is C17H24FN3. The molecule has 1 heterocycles. The second kappa shape index (κ2) is 6.85. The molecule has 0 atom stereocenters. The third kappa shape index (κ3) is 3.91. The summed E-state index contributed by atoms with van der Waals surface area (Å²) in [6.45, 7) is 9.87. The van der Waals surface area contributed by atoms with E-state index in [9.17, 15) is 4.39 Å². The summed E-state index contributed by atoms with van der Waals surface area (Å²) in [7, 11) is 0. The van der Waals surface area contributed by atoms with Gasteiger partial charge in [-0.15, -0.1) is 0 Å². The molecule has 2 aromatic rings. The van der Waals surface area contributed by atoms with Crippen molar-refractivity contribution in [2.45, 2.75) is 53.2 Å². The minimum atomic E-state index is -0.196. The number of nitrogens with one attached hydrogen (secondary N) is 1. The predicted octanol–water partition coefficient (Wildman–Crippen LogP) is 3.91. The van der Waals surface area contributed by atoms with Gasteiger partial charge in [0.25, 0.3) is 0 Å². The maximum atomic E-state index is 13.6. The van der Waals surface area contributed by atoms with Gasteiger partial charge in [-0.1, -0.05) is 26.8 Å². The van der Waals surface area contributed by atoms with Crippen LogP contribution in [0, 0.1) is 12.7 Å². The standard InChI is InChI=1S/C17H24FN3/c1-5-8-21-11-17(13(4)20-21)16-7-6-15(18)9-14(16)10-19-12(2)3/h6-7,9,11-12,19H,5,8,10H2,1-4H3. The van der Waals surface area contributed by atoms with E-state index in [0.717, 1.165) is 35.3 Å². The number of aryl methyl sites for hydroxylation is 2. The van der Waals surface area contributed by atoms with Gasteiger partial charge in [0.05, 0.1) is 5.69 Å². The number of hydrogen-bond acceptors (Lipinski definition) is 2. The van der Waals surface area contributed by atoms with E-state index in [-0.39, 0.29) is 5.82 Å². The zero-order valence-corrected chi connectivity index (χ0v) is 13.3. The van der Waals surface area contributed by atoms with Crippen LogP contribution in [-0.2, 0) is 13.1 Å². The van der Waals surface area contributed by atoms with Crippen molar-refractivity contribution in [3.63, 3.8) is 0 Å². The van der Waals surface area contributed by atoms with E-state index in [4.69, 9.17) is 0 Å². The van der Waals surface area contributed by atoms with Crippen molar-refractivity contribution >= 4 is 0 Å². The van der Waals surface area contributed by atoms with Gasteiger partial charge in [-0.25, -0.2) is 4.39 Å². The van der Waals surface area contributed by atoms with E-state index in [1.54, 1.807) is 6.07 Å². The summed E-state index contributed by atoms with van der Waals surface area (Å²) < 4.78 is 15.5. The van der Waals surface area contributed by atoms with E-state index in [1.165, 1.54) is 6.07 Å². The Morgan fingerprint density at radius 1 is 1.29 bits per heavy atom. The minimum absolute atomic E-state index is 0.196. The molecule has 3 nitrogen and oxygen atoms in total. The third-order valence-electron chi connectivity index (χ3n) is 3.46. The average molecular weight is 289 g/mol. The molecule has 0 amide bonds. The quantitative estimate of drug-likeness (QED) is 0.874. The maximum absolute atomic E-state index is 13.6. The Hall–Kier alpha value is -1.68. The number of hydrogen-bond donors (Lipinski definition) is 1. The molecule has 1 aromatic carbocycles. The van der Waals surface area contributed by atoms with E-state index >= 15 is 0 Å². The molecule has 0 aliphatic carbocycles. The zero-order valence-electron chi connectivity index (χ0n) is 13.3. The van der Waals surface area contributed by atoms with Gasteiger partial charge in [-0.05, 0) is 36.6 Å². The first-order valence-electron chi connectivity index (χ1n) is 7.57. The largest absolute Gasteiger partial charge is 0.310 e. The second-order valence-electron chi connectivity index (χ2n) is 5.73. The Morgan fingerprint density at radius 2 is 2.05 bits per heavy atom. The molecule has 0 fully saturated rings. The van der Waals surface area contributed by atoms with Gasteiger partial charge in [0.1, 0.15) is 5.82 Å². The highest BCUT2D eigenvalue weighted by Gasteiger charge is 2.12. The number of nitrogens with zero attached hydrogens (tertiary/aromatic N) is 2. The molecule has 114 valence electrons. The molecule has 0 aliphatic heterocycles. The van der Waals surface area contributed by atoms with E-state index in [2.05, 4.69) is 37.4 Å². The molecule has 4 heteroatoms. The molecule has 0 bridgehead atoms. The van der Waals surface area contributed by atoms with Crippen LogP contribution in [0.25, 0.3) is 11.1 Å².